The van der Waals surface area contributed by atoms with E-state index in [1.807, 2.05) is 24.3 Å². The quantitative estimate of drug-likeness (QED) is 0.455. The third-order valence-corrected chi connectivity index (χ3v) is 5.40. The van der Waals surface area contributed by atoms with Crippen LogP contribution in [0.4, 0.5) is 15.2 Å². The van der Waals surface area contributed by atoms with E-state index >= 15 is 0 Å². The van der Waals surface area contributed by atoms with E-state index in [9.17, 15) is 14.0 Å². The standard InChI is InChI=1S/C22H18FN3O3S/c1-14(27)26(20-9-5-3-7-18(20)23)22-25-16(13-30-22)12-29-21(28)10-15-11-24-19-8-4-2-6-17(15)19/h2-9,11,13,24H,10,12H2,1H3. The highest BCUT2D eigenvalue weighted by atomic mass is 32.1. The Morgan fingerprint density at radius 2 is 1.93 bits per heavy atom. The summed E-state index contributed by atoms with van der Waals surface area (Å²) >= 11 is 1.18. The van der Waals surface area contributed by atoms with E-state index in [4.69, 9.17) is 4.74 Å². The number of thiazole rings is 1. The summed E-state index contributed by atoms with van der Waals surface area (Å²) < 4.78 is 19.5. The highest BCUT2D eigenvalue weighted by molar-refractivity contribution is 7.14. The fraction of sp³-hybridized carbons (Fsp3) is 0.136. The van der Waals surface area contributed by atoms with Gasteiger partial charge in [-0.05, 0) is 23.8 Å². The van der Waals surface area contributed by atoms with Crippen LogP contribution in [-0.2, 0) is 27.4 Å². The van der Waals surface area contributed by atoms with Gasteiger partial charge in [0.05, 0.1) is 17.8 Å². The number of aromatic nitrogens is 2. The minimum atomic E-state index is -0.519. The number of hydrogen-bond acceptors (Lipinski definition) is 5. The zero-order chi connectivity index (χ0) is 21.1. The van der Waals surface area contributed by atoms with Crippen molar-refractivity contribution >= 4 is 44.9 Å². The zero-order valence-electron chi connectivity index (χ0n) is 16.1. The number of H-pyrrole nitrogens is 1. The van der Waals surface area contributed by atoms with E-state index in [-0.39, 0.29) is 30.6 Å². The van der Waals surface area contributed by atoms with Crippen LogP contribution in [0, 0.1) is 5.82 Å². The number of para-hydroxylation sites is 2. The normalized spacial score (nSPS) is 10.9. The van der Waals surface area contributed by atoms with Crippen molar-refractivity contribution in [3.8, 4) is 0 Å². The molecule has 30 heavy (non-hydrogen) atoms. The van der Waals surface area contributed by atoms with Gasteiger partial charge in [0.2, 0.25) is 5.91 Å². The van der Waals surface area contributed by atoms with Crippen LogP contribution in [-0.4, -0.2) is 21.8 Å². The largest absolute Gasteiger partial charge is 0.459 e. The first-order chi connectivity index (χ1) is 14.5. The first kappa shape index (κ1) is 19.8. The molecule has 0 bridgehead atoms. The minimum Gasteiger partial charge on any atom is -0.459 e. The molecule has 2 aromatic heterocycles. The Hall–Kier alpha value is -3.52. The van der Waals surface area contributed by atoms with E-state index in [1.54, 1.807) is 23.7 Å². The second kappa shape index (κ2) is 8.46. The lowest BCUT2D eigenvalue weighted by atomic mass is 10.1. The van der Waals surface area contributed by atoms with Crippen LogP contribution in [0.5, 0.6) is 0 Å². The Kier molecular flexibility index (Phi) is 5.58. The van der Waals surface area contributed by atoms with E-state index in [2.05, 4.69) is 9.97 Å². The Bertz CT molecular complexity index is 1220. The summed E-state index contributed by atoms with van der Waals surface area (Å²) in [4.78, 5) is 33.0. The van der Waals surface area contributed by atoms with Gasteiger partial charge in [-0.3, -0.25) is 14.5 Å². The highest BCUT2D eigenvalue weighted by Crippen LogP contribution is 2.31. The molecule has 0 fully saturated rings. The SMILES string of the molecule is CC(=O)N(c1nc(COC(=O)Cc2c[nH]c3ccccc23)cs1)c1ccccc1F. The van der Waals surface area contributed by atoms with Crippen molar-refractivity contribution in [2.75, 3.05) is 4.90 Å². The second-order valence-corrected chi connectivity index (χ2v) is 7.46. The molecule has 4 aromatic rings. The molecule has 0 atom stereocenters. The van der Waals surface area contributed by atoms with Crippen LogP contribution in [0.1, 0.15) is 18.2 Å². The number of anilines is 2. The van der Waals surface area contributed by atoms with Crippen molar-refractivity contribution in [2.24, 2.45) is 0 Å². The molecule has 0 saturated heterocycles. The summed E-state index contributed by atoms with van der Waals surface area (Å²) in [5.41, 5.74) is 2.44. The number of ether oxygens (including phenoxy) is 1. The maximum Gasteiger partial charge on any atom is 0.310 e. The number of aromatic amines is 1. The molecular formula is C22H18FN3O3S. The van der Waals surface area contributed by atoms with Gasteiger partial charge in [0, 0.05) is 29.4 Å². The van der Waals surface area contributed by atoms with Crippen LogP contribution < -0.4 is 4.90 Å². The van der Waals surface area contributed by atoms with E-state index in [0.717, 1.165) is 16.5 Å². The molecule has 0 unspecified atom stereocenters. The average Bonchev–Trinajstić information content (AvgIpc) is 3.35. The molecule has 1 N–H and O–H groups in total. The van der Waals surface area contributed by atoms with Gasteiger partial charge >= 0.3 is 5.97 Å². The fourth-order valence-corrected chi connectivity index (χ4v) is 4.01. The Labute approximate surface area is 175 Å². The lowest BCUT2D eigenvalue weighted by molar-refractivity contribution is -0.144. The summed E-state index contributed by atoms with van der Waals surface area (Å²) in [6.45, 7) is 1.31. The summed E-state index contributed by atoms with van der Waals surface area (Å²) in [6.07, 6.45) is 1.93. The smallest absolute Gasteiger partial charge is 0.310 e. The molecule has 0 saturated carbocycles. The maximum atomic E-state index is 14.1. The molecule has 0 spiro atoms. The van der Waals surface area contributed by atoms with Crippen LogP contribution in [0.15, 0.2) is 60.1 Å². The van der Waals surface area contributed by atoms with Gasteiger partial charge in [-0.25, -0.2) is 9.37 Å². The van der Waals surface area contributed by atoms with Gasteiger partial charge < -0.3 is 9.72 Å². The van der Waals surface area contributed by atoms with E-state index in [1.165, 1.54) is 35.3 Å². The molecule has 0 aliphatic rings. The summed E-state index contributed by atoms with van der Waals surface area (Å²) in [7, 11) is 0. The van der Waals surface area contributed by atoms with Gasteiger partial charge in [-0.2, -0.15) is 0 Å². The van der Waals surface area contributed by atoms with Crippen LogP contribution in [0.25, 0.3) is 10.9 Å². The van der Waals surface area contributed by atoms with Gasteiger partial charge in [-0.1, -0.05) is 30.3 Å². The highest BCUT2D eigenvalue weighted by Gasteiger charge is 2.21. The lowest BCUT2D eigenvalue weighted by Gasteiger charge is -2.18. The predicted molar refractivity (Wildman–Crippen MR) is 113 cm³/mol. The summed E-state index contributed by atoms with van der Waals surface area (Å²) in [5, 5.41) is 2.98. The van der Waals surface area contributed by atoms with Crippen LogP contribution in [0.3, 0.4) is 0 Å². The minimum absolute atomic E-state index is 0.0271. The third-order valence-electron chi connectivity index (χ3n) is 4.53. The number of amides is 1. The Balaban J connectivity index is 1.43. The molecule has 152 valence electrons. The number of rotatable bonds is 6. The molecule has 2 aromatic carbocycles. The molecule has 4 rings (SSSR count). The summed E-state index contributed by atoms with van der Waals surface area (Å²) in [5.74, 6) is -1.27. The molecule has 6 nitrogen and oxygen atoms in total. The lowest BCUT2D eigenvalue weighted by Crippen LogP contribution is -2.23. The van der Waals surface area contributed by atoms with Gasteiger partial charge in [0.25, 0.3) is 0 Å². The molecule has 1 amide bonds. The van der Waals surface area contributed by atoms with E-state index < -0.39 is 5.82 Å². The van der Waals surface area contributed by atoms with E-state index in [0.29, 0.717) is 10.8 Å². The number of benzene rings is 2. The number of fused-ring (bicyclic) bond motifs is 1. The second-order valence-electron chi connectivity index (χ2n) is 6.62. The third kappa shape index (κ3) is 4.08. The zero-order valence-corrected chi connectivity index (χ0v) is 16.9. The van der Waals surface area contributed by atoms with Crippen molar-refractivity contribution in [1.29, 1.82) is 0 Å². The monoisotopic (exact) mass is 423 g/mol. The Morgan fingerprint density at radius 3 is 2.73 bits per heavy atom. The molecule has 0 aliphatic heterocycles. The molecule has 2 heterocycles. The number of carbonyl (C=O) groups excluding carboxylic acids is 2. The van der Waals surface area contributed by atoms with Crippen molar-refractivity contribution in [1.82, 2.24) is 9.97 Å². The van der Waals surface area contributed by atoms with Gasteiger partial charge in [-0.15, -0.1) is 11.3 Å². The molecular weight excluding hydrogens is 405 g/mol. The van der Waals surface area contributed by atoms with Crippen molar-refractivity contribution in [2.45, 2.75) is 20.0 Å². The number of nitrogens with zero attached hydrogens (tertiary/aromatic N) is 2. The number of hydrogen-bond donors (Lipinski definition) is 1. The Morgan fingerprint density at radius 1 is 1.17 bits per heavy atom. The average molecular weight is 423 g/mol. The van der Waals surface area contributed by atoms with Gasteiger partial charge in [0.1, 0.15) is 12.4 Å². The molecule has 0 aliphatic carbocycles. The van der Waals surface area contributed by atoms with Crippen LogP contribution in [0.2, 0.25) is 0 Å². The fourth-order valence-electron chi connectivity index (χ4n) is 3.14. The predicted octanol–water partition coefficient (Wildman–Crippen LogP) is 4.73. The number of carbonyl (C=O) groups is 2. The first-order valence-electron chi connectivity index (χ1n) is 9.23. The van der Waals surface area contributed by atoms with Crippen molar-refractivity contribution in [3.05, 3.63) is 77.2 Å². The molecule has 8 heteroatoms. The first-order valence-corrected chi connectivity index (χ1v) is 10.1. The number of nitrogens with one attached hydrogen (secondary N) is 1. The number of esters is 1. The summed E-state index contributed by atoms with van der Waals surface area (Å²) in [6, 6.07) is 13.7. The topological polar surface area (TPSA) is 75.3 Å². The van der Waals surface area contributed by atoms with Crippen LogP contribution >= 0.6 is 11.3 Å². The number of halogens is 1. The maximum absolute atomic E-state index is 14.1. The van der Waals surface area contributed by atoms with Gasteiger partial charge in [0.15, 0.2) is 5.13 Å². The van der Waals surface area contributed by atoms with Crippen molar-refractivity contribution in [3.63, 3.8) is 0 Å². The van der Waals surface area contributed by atoms with Crippen molar-refractivity contribution < 1.29 is 18.7 Å². The molecule has 0 radical (unpaired) electrons.